The van der Waals surface area contributed by atoms with Crippen molar-refractivity contribution < 1.29 is 4.74 Å². The number of hydrogen-bond acceptors (Lipinski definition) is 2. The van der Waals surface area contributed by atoms with E-state index in [1.165, 1.54) is 5.56 Å². The Labute approximate surface area is 99.0 Å². The van der Waals surface area contributed by atoms with Crippen molar-refractivity contribution in [1.29, 1.82) is 0 Å². The predicted octanol–water partition coefficient (Wildman–Crippen LogP) is 3.19. The normalized spacial score (nSPS) is 12.8. The molecule has 0 radical (unpaired) electrons. The Morgan fingerprint density at radius 2 is 1.75 bits per heavy atom. The zero-order chi connectivity index (χ0) is 12.0. The van der Waals surface area contributed by atoms with E-state index in [4.69, 9.17) is 4.74 Å². The van der Waals surface area contributed by atoms with E-state index in [1.807, 2.05) is 12.1 Å². The maximum absolute atomic E-state index is 5.69. The second-order valence-corrected chi connectivity index (χ2v) is 4.49. The Morgan fingerprint density at radius 1 is 1.12 bits per heavy atom. The third-order valence-electron chi connectivity index (χ3n) is 2.60. The first-order valence-corrected chi connectivity index (χ1v) is 6.09. The molecular weight excluding hydrogens is 198 g/mol. The molecule has 0 saturated heterocycles. The van der Waals surface area contributed by atoms with E-state index in [0.29, 0.717) is 12.0 Å². The summed E-state index contributed by atoms with van der Waals surface area (Å²) in [5, 5.41) is 3.32. The SMILES string of the molecule is CCNC(C)COc1ccc(C(C)C)cc1. The van der Waals surface area contributed by atoms with Crippen LogP contribution in [0.1, 0.15) is 39.2 Å². The van der Waals surface area contributed by atoms with Gasteiger partial charge in [-0.2, -0.15) is 0 Å². The highest BCUT2D eigenvalue weighted by atomic mass is 16.5. The molecule has 2 heteroatoms. The van der Waals surface area contributed by atoms with Crippen molar-refractivity contribution in [1.82, 2.24) is 5.32 Å². The summed E-state index contributed by atoms with van der Waals surface area (Å²) in [5.41, 5.74) is 1.35. The van der Waals surface area contributed by atoms with Gasteiger partial charge in [0.15, 0.2) is 0 Å². The molecule has 1 unspecified atom stereocenters. The second kappa shape index (κ2) is 6.54. The fraction of sp³-hybridized carbons (Fsp3) is 0.571. The van der Waals surface area contributed by atoms with Gasteiger partial charge in [0.05, 0.1) is 0 Å². The molecule has 0 aliphatic carbocycles. The maximum Gasteiger partial charge on any atom is 0.119 e. The molecule has 16 heavy (non-hydrogen) atoms. The molecule has 0 saturated carbocycles. The molecule has 1 aromatic carbocycles. The smallest absolute Gasteiger partial charge is 0.119 e. The Bertz CT molecular complexity index is 292. The fourth-order valence-corrected chi connectivity index (χ4v) is 1.58. The largest absolute Gasteiger partial charge is 0.492 e. The summed E-state index contributed by atoms with van der Waals surface area (Å²) in [6.45, 7) is 10.3. The molecule has 0 spiro atoms. The van der Waals surface area contributed by atoms with Crippen molar-refractivity contribution in [3.63, 3.8) is 0 Å². The first-order valence-electron chi connectivity index (χ1n) is 6.09. The van der Waals surface area contributed by atoms with E-state index < -0.39 is 0 Å². The molecule has 0 aliphatic rings. The van der Waals surface area contributed by atoms with Gasteiger partial charge < -0.3 is 10.1 Å². The molecule has 0 heterocycles. The standard InChI is InChI=1S/C14H23NO/c1-5-15-12(4)10-16-14-8-6-13(7-9-14)11(2)3/h6-9,11-12,15H,5,10H2,1-4H3. The van der Waals surface area contributed by atoms with Crippen LogP contribution in [0.5, 0.6) is 5.75 Å². The number of rotatable bonds is 6. The Morgan fingerprint density at radius 3 is 2.25 bits per heavy atom. The number of ether oxygens (including phenoxy) is 1. The van der Waals surface area contributed by atoms with Crippen LogP contribution in [0.15, 0.2) is 24.3 Å². The highest BCUT2D eigenvalue weighted by Crippen LogP contribution is 2.18. The Kier molecular flexibility index (Phi) is 5.33. The third-order valence-corrected chi connectivity index (χ3v) is 2.60. The lowest BCUT2D eigenvalue weighted by molar-refractivity contribution is 0.275. The van der Waals surface area contributed by atoms with Crippen molar-refractivity contribution in [2.75, 3.05) is 13.2 Å². The predicted molar refractivity (Wildman–Crippen MR) is 69.2 cm³/mol. The molecule has 1 N–H and O–H groups in total. The lowest BCUT2D eigenvalue weighted by Gasteiger charge is -2.14. The Hall–Kier alpha value is -1.02. The quantitative estimate of drug-likeness (QED) is 0.796. The molecule has 0 amide bonds. The topological polar surface area (TPSA) is 21.3 Å². The monoisotopic (exact) mass is 221 g/mol. The summed E-state index contributed by atoms with van der Waals surface area (Å²) >= 11 is 0. The van der Waals surface area contributed by atoms with E-state index in [0.717, 1.165) is 18.9 Å². The lowest BCUT2D eigenvalue weighted by atomic mass is 10.0. The van der Waals surface area contributed by atoms with Crippen LogP contribution in [0.4, 0.5) is 0 Å². The number of hydrogen-bond donors (Lipinski definition) is 1. The molecule has 1 atom stereocenters. The van der Waals surface area contributed by atoms with Gasteiger partial charge in [-0.25, -0.2) is 0 Å². The number of likely N-dealkylation sites (N-methyl/N-ethyl adjacent to an activating group) is 1. The molecule has 1 aromatic rings. The van der Waals surface area contributed by atoms with E-state index in [-0.39, 0.29) is 0 Å². The maximum atomic E-state index is 5.69. The van der Waals surface area contributed by atoms with Crippen molar-refractivity contribution in [3.05, 3.63) is 29.8 Å². The van der Waals surface area contributed by atoms with Gasteiger partial charge >= 0.3 is 0 Å². The van der Waals surface area contributed by atoms with E-state index in [2.05, 4.69) is 45.1 Å². The molecule has 0 fully saturated rings. The summed E-state index contributed by atoms with van der Waals surface area (Å²) in [6.07, 6.45) is 0. The van der Waals surface area contributed by atoms with Gasteiger partial charge in [0, 0.05) is 6.04 Å². The Balaban J connectivity index is 2.43. The van der Waals surface area contributed by atoms with E-state index in [9.17, 15) is 0 Å². The number of benzene rings is 1. The van der Waals surface area contributed by atoms with Crippen LogP contribution < -0.4 is 10.1 Å². The zero-order valence-electron chi connectivity index (χ0n) is 10.8. The summed E-state index contributed by atoms with van der Waals surface area (Å²) in [5.74, 6) is 1.53. The summed E-state index contributed by atoms with van der Waals surface area (Å²) in [4.78, 5) is 0. The molecule has 0 aromatic heterocycles. The average molecular weight is 221 g/mol. The summed E-state index contributed by atoms with van der Waals surface area (Å²) in [6, 6.07) is 8.77. The fourth-order valence-electron chi connectivity index (χ4n) is 1.58. The third kappa shape index (κ3) is 4.23. The van der Waals surface area contributed by atoms with Crippen LogP contribution in [0, 0.1) is 0 Å². The molecule has 2 nitrogen and oxygen atoms in total. The highest BCUT2D eigenvalue weighted by molar-refractivity contribution is 5.28. The summed E-state index contributed by atoms with van der Waals surface area (Å²) < 4.78 is 5.69. The number of nitrogens with one attached hydrogen (secondary N) is 1. The van der Waals surface area contributed by atoms with Gasteiger partial charge in [-0.05, 0) is 37.1 Å². The van der Waals surface area contributed by atoms with E-state index in [1.54, 1.807) is 0 Å². The summed E-state index contributed by atoms with van der Waals surface area (Å²) in [7, 11) is 0. The van der Waals surface area contributed by atoms with Crippen LogP contribution in [-0.4, -0.2) is 19.2 Å². The molecule has 0 bridgehead atoms. The second-order valence-electron chi connectivity index (χ2n) is 4.49. The van der Waals surface area contributed by atoms with Crippen LogP contribution in [-0.2, 0) is 0 Å². The molecule has 90 valence electrons. The molecule has 1 rings (SSSR count). The molecular formula is C14H23NO. The minimum Gasteiger partial charge on any atom is -0.492 e. The molecule has 0 aliphatic heterocycles. The van der Waals surface area contributed by atoms with Gasteiger partial charge in [0.2, 0.25) is 0 Å². The van der Waals surface area contributed by atoms with Crippen LogP contribution in [0.25, 0.3) is 0 Å². The first-order chi connectivity index (χ1) is 7.63. The lowest BCUT2D eigenvalue weighted by Crippen LogP contribution is -2.31. The minimum absolute atomic E-state index is 0.398. The van der Waals surface area contributed by atoms with Crippen molar-refractivity contribution >= 4 is 0 Å². The van der Waals surface area contributed by atoms with Crippen LogP contribution >= 0.6 is 0 Å². The van der Waals surface area contributed by atoms with Gasteiger partial charge in [-0.15, -0.1) is 0 Å². The minimum atomic E-state index is 0.398. The van der Waals surface area contributed by atoms with E-state index >= 15 is 0 Å². The van der Waals surface area contributed by atoms with Crippen LogP contribution in [0.3, 0.4) is 0 Å². The van der Waals surface area contributed by atoms with Gasteiger partial charge in [-0.1, -0.05) is 32.9 Å². The first kappa shape index (κ1) is 13.0. The van der Waals surface area contributed by atoms with Crippen LogP contribution in [0.2, 0.25) is 0 Å². The van der Waals surface area contributed by atoms with Crippen molar-refractivity contribution in [2.24, 2.45) is 0 Å². The van der Waals surface area contributed by atoms with Gasteiger partial charge in [0.25, 0.3) is 0 Å². The zero-order valence-corrected chi connectivity index (χ0v) is 10.8. The average Bonchev–Trinajstić information content (AvgIpc) is 2.27. The highest BCUT2D eigenvalue weighted by Gasteiger charge is 2.02. The van der Waals surface area contributed by atoms with Crippen molar-refractivity contribution in [2.45, 2.75) is 39.7 Å². The van der Waals surface area contributed by atoms with Gasteiger partial charge in [-0.3, -0.25) is 0 Å². The van der Waals surface area contributed by atoms with Gasteiger partial charge in [0.1, 0.15) is 12.4 Å². The van der Waals surface area contributed by atoms with Crippen molar-refractivity contribution in [3.8, 4) is 5.75 Å².